The molecule has 0 bridgehead atoms. The molecule has 0 aromatic heterocycles. The minimum absolute atomic E-state index is 0.0256. The molecule has 0 saturated carbocycles. The van der Waals surface area contributed by atoms with Crippen molar-refractivity contribution in [1.82, 2.24) is 0 Å². The summed E-state index contributed by atoms with van der Waals surface area (Å²) in [6.07, 6.45) is 0. The zero-order chi connectivity index (χ0) is 34.2. The van der Waals surface area contributed by atoms with Crippen molar-refractivity contribution in [2.24, 2.45) is 0 Å². The maximum atomic E-state index is 12.5. The molecule has 0 aliphatic heterocycles. The Bertz CT molecular complexity index is 2440. The van der Waals surface area contributed by atoms with E-state index in [9.17, 15) is 19.8 Å². The number of rotatable bonds is 9. The fourth-order valence-electron chi connectivity index (χ4n) is 6.95. The molecule has 0 aliphatic carbocycles. The van der Waals surface area contributed by atoms with E-state index in [2.05, 4.69) is 0 Å². The standard InChI is InChI=1S/C44H30O6/c45-43(46)39-31(19-17-27-9-1-5-13-33(27)39)25-49-37-23-21-29-11-3-7-15-35(29)41(37)42-36-16-8-4-12-30(36)22-24-38(42)50-26-32-20-18-28-10-2-6-14-34(28)40(32)44(47)48/h1-24H,25-26H2,(H,45,46)(H,47,48). The summed E-state index contributed by atoms with van der Waals surface area (Å²) in [7, 11) is 0. The summed E-state index contributed by atoms with van der Waals surface area (Å²) in [6.45, 7) is 0.0512. The molecule has 8 aromatic carbocycles. The average Bonchev–Trinajstić information content (AvgIpc) is 3.15. The molecule has 8 aromatic rings. The Balaban J connectivity index is 1.27. The Morgan fingerprint density at radius 1 is 0.400 bits per heavy atom. The minimum atomic E-state index is -1.02. The van der Waals surface area contributed by atoms with Gasteiger partial charge in [-0.3, -0.25) is 0 Å². The predicted molar refractivity (Wildman–Crippen MR) is 197 cm³/mol. The number of fused-ring (bicyclic) bond motifs is 4. The third kappa shape index (κ3) is 5.43. The van der Waals surface area contributed by atoms with Gasteiger partial charge in [0.05, 0.1) is 11.1 Å². The monoisotopic (exact) mass is 654 g/mol. The molecule has 6 heteroatoms. The number of benzene rings is 8. The van der Waals surface area contributed by atoms with E-state index in [-0.39, 0.29) is 24.3 Å². The SMILES string of the molecule is O=C(O)c1c(COc2ccc3ccccc3c2-c2c(OCc3ccc4ccccc4c3C(=O)O)ccc3ccccc23)ccc2ccccc12. The molecule has 0 radical (unpaired) electrons. The van der Waals surface area contributed by atoms with E-state index < -0.39 is 11.9 Å². The lowest BCUT2D eigenvalue weighted by atomic mass is 9.92. The van der Waals surface area contributed by atoms with Crippen molar-refractivity contribution in [3.05, 3.63) is 168 Å². The van der Waals surface area contributed by atoms with Gasteiger partial charge in [-0.1, -0.05) is 133 Å². The minimum Gasteiger partial charge on any atom is -0.488 e. The van der Waals surface area contributed by atoms with Gasteiger partial charge in [-0.25, -0.2) is 9.59 Å². The van der Waals surface area contributed by atoms with Gasteiger partial charge < -0.3 is 19.7 Å². The van der Waals surface area contributed by atoms with Crippen LogP contribution in [0.5, 0.6) is 11.5 Å². The molecule has 6 nitrogen and oxygen atoms in total. The van der Waals surface area contributed by atoms with Gasteiger partial charge in [-0.2, -0.15) is 0 Å². The third-order valence-corrected chi connectivity index (χ3v) is 9.26. The maximum absolute atomic E-state index is 12.5. The highest BCUT2D eigenvalue weighted by atomic mass is 16.5. The lowest BCUT2D eigenvalue weighted by molar-refractivity contribution is 0.0685. The smallest absolute Gasteiger partial charge is 0.336 e. The van der Waals surface area contributed by atoms with Crippen LogP contribution in [0.25, 0.3) is 54.2 Å². The average molecular weight is 655 g/mol. The van der Waals surface area contributed by atoms with E-state index in [4.69, 9.17) is 9.47 Å². The summed E-state index contributed by atoms with van der Waals surface area (Å²) in [5, 5.41) is 27.3. The number of hydrogen-bond donors (Lipinski definition) is 2. The molecule has 0 amide bonds. The van der Waals surface area contributed by atoms with E-state index >= 15 is 0 Å². The van der Waals surface area contributed by atoms with Crippen LogP contribution in [0.15, 0.2) is 146 Å². The molecule has 0 saturated heterocycles. The molecule has 0 heterocycles. The highest BCUT2D eigenvalue weighted by Crippen LogP contribution is 2.46. The first-order chi connectivity index (χ1) is 24.5. The zero-order valence-corrected chi connectivity index (χ0v) is 26.8. The summed E-state index contributed by atoms with van der Waals surface area (Å²) in [4.78, 5) is 25.0. The van der Waals surface area contributed by atoms with Crippen LogP contribution in [-0.4, -0.2) is 22.2 Å². The van der Waals surface area contributed by atoms with Crippen molar-refractivity contribution < 1.29 is 29.3 Å². The van der Waals surface area contributed by atoms with Crippen molar-refractivity contribution in [2.75, 3.05) is 0 Å². The number of carboxylic acid groups (broad SMARTS) is 2. The normalized spacial score (nSPS) is 11.3. The highest BCUT2D eigenvalue weighted by Gasteiger charge is 2.22. The summed E-state index contributed by atoms with van der Waals surface area (Å²) in [6, 6.07) is 46.2. The third-order valence-electron chi connectivity index (χ3n) is 9.26. The number of hydrogen-bond acceptors (Lipinski definition) is 4. The van der Waals surface area contributed by atoms with Crippen molar-refractivity contribution in [3.63, 3.8) is 0 Å². The number of aromatic carboxylic acids is 2. The van der Waals surface area contributed by atoms with Gasteiger partial charge in [0.15, 0.2) is 0 Å². The first-order valence-corrected chi connectivity index (χ1v) is 16.3. The van der Waals surface area contributed by atoms with Crippen LogP contribution >= 0.6 is 0 Å². The molecule has 0 aliphatic rings. The Kier molecular flexibility index (Phi) is 7.82. The van der Waals surface area contributed by atoms with Crippen LogP contribution in [-0.2, 0) is 13.2 Å². The van der Waals surface area contributed by atoms with Gasteiger partial charge in [0, 0.05) is 22.3 Å². The number of ether oxygens (including phenoxy) is 2. The number of carbonyl (C=O) groups is 2. The lowest BCUT2D eigenvalue weighted by Crippen LogP contribution is -2.08. The molecule has 0 fully saturated rings. The van der Waals surface area contributed by atoms with Gasteiger partial charge in [0.25, 0.3) is 0 Å². The second-order valence-electron chi connectivity index (χ2n) is 12.1. The molecule has 0 atom stereocenters. The molecular formula is C44H30O6. The summed E-state index contributed by atoms with van der Waals surface area (Å²) in [5.41, 5.74) is 3.13. The van der Waals surface area contributed by atoms with Crippen molar-refractivity contribution >= 4 is 55.0 Å². The van der Waals surface area contributed by atoms with E-state index in [1.807, 2.05) is 146 Å². The lowest BCUT2D eigenvalue weighted by Gasteiger charge is -2.20. The van der Waals surface area contributed by atoms with Crippen molar-refractivity contribution in [2.45, 2.75) is 13.2 Å². The first kappa shape index (κ1) is 30.7. The second kappa shape index (κ2) is 12.7. The van der Waals surface area contributed by atoms with Gasteiger partial charge in [0.2, 0.25) is 0 Å². The van der Waals surface area contributed by atoms with Gasteiger partial charge >= 0.3 is 11.9 Å². The Hall–Kier alpha value is -6.66. The van der Waals surface area contributed by atoms with E-state index in [1.54, 1.807) is 0 Å². The predicted octanol–water partition coefficient (Wildman–Crippen LogP) is 10.5. The zero-order valence-electron chi connectivity index (χ0n) is 26.8. The quantitative estimate of drug-likeness (QED) is 0.161. The summed E-state index contributed by atoms with van der Waals surface area (Å²) >= 11 is 0. The molecule has 8 rings (SSSR count). The maximum Gasteiger partial charge on any atom is 0.336 e. The van der Waals surface area contributed by atoms with Crippen LogP contribution in [0.2, 0.25) is 0 Å². The number of carboxylic acids is 2. The van der Waals surface area contributed by atoms with Gasteiger partial charge in [-0.05, 0) is 55.2 Å². The van der Waals surface area contributed by atoms with Gasteiger partial charge in [-0.15, -0.1) is 0 Å². The van der Waals surface area contributed by atoms with Crippen LogP contribution in [0.1, 0.15) is 31.8 Å². The Morgan fingerprint density at radius 3 is 1.10 bits per heavy atom. The van der Waals surface area contributed by atoms with Crippen LogP contribution in [0.3, 0.4) is 0 Å². The fraction of sp³-hybridized carbons (Fsp3) is 0.0455. The van der Waals surface area contributed by atoms with Gasteiger partial charge in [0.1, 0.15) is 24.7 Å². The van der Waals surface area contributed by atoms with E-state index in [1.165, 1.54) is 0 Å². The summed E-state index contributed by atoms with van der Waals surface area (Å²) in [5.74, 6) is -0.908. The topological polar surface area (TPSA) is 93.1 Å². The molecule has 2 N–H and O–H groups in total. The summed E-state index contributed by atoms with van der Waals surface area (Å²) < 4.78 is 13.2. The van der Waals surface area contributed by atoms with Crippen LogP contribution in [0, 0.1) is 0 Å². The van der Waals surface area contributed by atoms with E-state index in [0.29, 0.717) is 33.4 Å². The highest BCUT2D eigenvalue weighted by molar-refractivity contribution is 6.10. The Morgan fingerprint density at radius 2 is 0.720 bits per heavy atom. The molecule has 0 spiro atoms. The molecule has 242 valence electrons. The molecule has 0 unspecified atom stereocenters. The van der Waals surface area contributed by atoms with Crippen LogP contribution < -0.4 is 9.47 Å². The largest absolute Gasteiger partial charge is 0.488 e. The van der Waals surface area contributed by atoms with E-state index in [0.717, 1.165) is 43.4 Å². The first-order valence-electron chi connectivity index (χ1n) is 16.3. The fourth-order valence-corrected chi connectivity index (χ4v) is 6.95. The second-order valence-corrected chi connectivity index (χ2v) is 12.1. The molecular weight excluding hydrogens is 624 g/mol. The Labute approximate surface area is 287 Å². The van der Waals surface area contributed by atoms with Crippen LogP contribution in [0.4, 0.5) is 0 Å². The van der Waals surface area contributed by atoms with Crippen molar-refractivity contribution in [3.8, 4) is 22.6 Å². The van der Waals surface area contributed by atoms with Crippen molar-refractivity contribution in [1.29, 1.82) is 0 Å². The molecule has 50 heavy (non-hydrogen) atoms.